The molecule has 0 bridgehead atoms. The van der Waals surface area contributed by atoms with Crippen molar-refractivity contribution in [2.24, 2.45) is 0 Å². The van der Waals surface area contributed by atoms with Crippen LogP contribution in [-0.2, 0) is 0 Å². The standard InChI is InChI=1S/C36H23N3/c1-4-10-31-24(7-1)28-17-21(13-15-34(28)37-31)23-19-27(36-30(20-23)26-9-3-6-12-33(26)39-36)22-14-16-35-29(18-22)25-8-2-5-11-32(25)38-35/h1-20,37-39H. The molecule has 6 aromatic carbocycles. The Kier molecular flexibility index (Phi) is 4.05. The number of hydrogen-bond donors (Lipinski definition) is 3. The summed E-state index contributed by atoms with van der Waals surface area (Å²) in [6, 6.07) is 43.9. The summed E-state index contributed by atoms with van der Waals surface area (Å²) in [5, 5.41) is 7.51. The summed E-state index contributed by atoms with van der Waals surface area (Å²) >= 11 is 0. The van der Waals surface area contributed by atoms with E-state index in [1.54, 1.807) is 0 Å². The highest BCUT2D eigenvalue weighted by molar-refractivity contribution is 6.15. The summed E-state index contributed by atoms with van der Waals surface area (Å²) < 4.78 is 0. The molecule has 3 nitrogen and oxygen atoms in total. The van der Waals surface area contributed by atoms with Crippen molar-refractivity contribution >= 4 is 65.4 Å². The van der Waals surface area contributed by atoms with E-state index in [4.69, 9.17) is 0 Å². The van der Waals surface area contributed by atoms with E-state index in [1.807, 2.05) is 0 Å². The molecule has 182 valence electrons. The lowest BCUT2D eigenvalue weighted by atomic mass is 9.94. The summed E-state index contributed by atoms with van der Waals surface area (Å²) in [7, 11) is 0. The maximum atomic E-state index is 3.74. The van der Waals surface area contributed by atoms with Crippen LogP contribution >= 0.6 is 0 Å². The fourth-order valence-electron chi connectivity index (χ4n) is 6.39. The van der Waals surface area contributed by atoms with Gasteiger partial charge in [-0.05, 0) is 71.3 Å². The number of rotatable bonds is 2. The molecule has 0 aliphatic rings. The van der Waals surface area contributed by atoms with Crippen LogP contribution < -0.4 is 0 Å². The monoisotopic (exact) mass is 497 g/mol. The predicted octanol–water partition coefficient (Wildman–Crippen LogP) is 9.92. The van der Waals surface area contributed by atoms with Gasteiger partial charge in [-0.15, -0.1) is 0 Å². The molecule has 0 atom stereocenters. The van der Waals surface area contributed by atoms with Crippen LogP contribution in [0.2, 0.25) is 0 Å². The van der Waals surface area contributed by atoms with Gasteiger partial charge in [0, 0.05) is 65.5 Å². The number of para-hydroxylation sites is 3. The summed E-state index contributed by atoms with van der Waals surface area (Å²) in [6.45, 7) is 0. The van der Waals surface area contributed by atoms with Crippen molar-refractivity contribution in [1.29, 1.82) is 0 Å². The molecule has 9 aromatic rings. The van der Waals surface area contributed by atoms with Gasteiger partial charge in [0.1, 0.15) is 0 Å². The van der Waals surface area contributed by atoms with Crippen LogP contribution in [0.3, 0.4) is 0 Å². The number of aromatic nitrogens is 3. The van der Waals surface area contributed by atoms with Gasteiger partial charge in [-0.1, -0.05) is 66.7 Å². The van der Waals surface area contributed by atoms with E-state index in [0.29, 0.717) is 0 Å². The predicted molar refractivity (Wildman–Crippen MR) is 165 cm³/mol. The van der Waals surface area contributed by atoms with Gasteiger partial charge < -0.3 is 15.0 Å². The summed E-state index contributed by atoms with van der Waals surface area (Å²) in [5.41, 5.74) is 11.8. The van der Waals surface area contributed by atoms with Gasteiger partial charge in [0.05, 0.1) is 5.52 Å². The second kappa shape index (κ2) is 7.62. The van der Waals surface area contributed by atoms with Crippen molar-refractivity contribution in [1.82, 2.24) is 15.0 Å². The smallest absolute Gasteiger partial charge is 0.0544 e. The molecule has 0 spiro atoms. The van der Waals surface area contributed by atoms with Crippen LogP contribution in [0, 0.1) is 0 Å². The molecule has 3 N–H and O–H groups in total. The number of aromatic amines is 3. The summed E-state index contributed by atoms with van der Waals surface area (Å²) in [6.07, 6.45) is 0. The van der Waals surface area contributed by atoms with Gasteiger partial charge in [0.25, 0.3) is 0 Å². The molecule has 0 saturated carbocycles. The molecule has 3 heterocycles. The minimum atomic E-state index is 1.16. The SMILES string of the molecule is c1ccc2c(c1)[nH]c1ccc(-c3cc(-c4ccc5[nH]c6ccccc6c5c4)c4[nH]c5ccccc5c4c3)cc12. The summed E-state index contributed by atoms with van der Waals surface area (Å²) in [5.74, 6) is 0. The molecular weight excluding hydrogens is 474 g/mol. The third-order valence-electron chi connectivity index (χ3n) is 8.27. The molecule has 9 rings (SSSR count). The Bertz CT molecular complexity index is 2400. The van der Waals surface area contributed by atoms with Gasteiger partial charge in [-0.25, -0.2) is 0 Å². The molecule has 0 aliphatic heterocycles. The molecule has 0 aliphatic carbocycles. The fraction of sp³-hybridized carbons (Fsp3) is 0. The molecular formula is C36H23N3. The van der Waals surface area contributed by atoms with E-state index >= 15 is 0 Å². The fourth-order valence-corrected chi connectivity index (χ4v) is 6.39. The highest BCUT2D eigenvalue weighted by Gasteiger charge is 2.15. The zero-order valence-electron chi connectivity index (χ0n) is 21.0. The van der Waals surface area contributed by atoms with E-state index in [1.165, 1.54) is 71.1 Å². The van der Waals surface area contributed by atoms with Gasteiger partial charge in [0.2, 0.25) is 0 Å². The van der Waals surface area contributed by atoms with Gasteiger partial charge >= 0.3 is 0 Å². The summed E-state index contributed by atoms with van der Waals surface area (Å²) in [4.78, 5) is 10.9. The van der Waals surface area contributed by atoms with Crippen molar-refractivity contribution in [2.45, 2.75) is 0 Å². The van der Waals surface area contributed by atoms with Crippen molar-refractivity contribution in [2.75, 3.05) is 0 Å². The van der Waals surface area contributed by atoms with Crippen LogP contribution in [0.4, 0.5) is 0 Å². The number of nitrogens with one attached hydrogen (secondary N) is 3. The Morgan fingerprint density at radius 1 is 0.308 bits per heavy atom. The Hall–Kier alpha value is -5.28. The molecule has 0 fully saturated rings. The zero-order chi connectivity index (χ0) is 25.5. The van der Waals surface area contributed by atoms with Gasteiger partial charge in [-0.3, -0.25) is 0 Å². The van der Waals surface area contributed by atoms with Crippen LogP contribution in [0.1, 0.15) is 0 Å². The second-order valence-electron chi connectivity index (χ2n) is 10.5. The first-order chi connectivity index (χ1) is 19.3. The Balaban J connectivity index is 1.34. The lowest BCUT2D eigenvalue weighted by Gasteiger charge is -2.10. The molecule has 0 saturated heterocycles. The van der Waals surface area contributed by atoms with E-state index in [-0.39, 0.29) is 0 Å². The first-order valence-corrected chi connectivity index (χ1v) is 13.4. The van der Waals surface area contributed by atoms with Gasteiger partial charge in [-0.2, -0.15) is 0 Å². The Morgan fingerprint density at radius 2 is 0.769 bits per heavy atom. The second-order valence-corrected chi connectivity index (χ2v) is 10.5. The third kappa shape index (κ3) is 2.98. The van der Waals surface area contributed by atoms with Crippen molar-refractivity contribution in [3.8, 4) is 22.3 Å². The topological polar surface area (TPSA) is 47.4 Å². The normalized spacial score (nSPS) is 12.1. The maximum Gasteiger partial charge on any atom is 0.0544 e. The average molecular weight is 498 g/mol. The molecule has 0 radical (unpaired) electrons. The molecule has 3 heteroatoms. The number of fused-ring (bicyclic) bond motifs is 9. The van der Waals surface area contributed by atoms with E-state index < -0.39 is 0 Å². The average Bonchev–Trinajstić information content (AvgIpc) is 3.67. The minimum absolute atomic E-state index is 1.16. The first kappa shape index (κ1) is 20.7. The van der Waals surface area contributed by atoms with Crippen molar-refractivity contribution in [3.05, 3.63) is 121 Å². The van der Waals surface area contributed by atoms with Gasteiger partial charge in [0.15, 0.2) is 0 Å². The maximum absolute atomic E-state index is 3.74. The number of hydrogen-bond acceptors (Lipinski definition) is 0. The number of benzene rings is 6. The zero-order valence-corrected chi connectivity index (χ0v) is 21.0. The number of H-pyrrole nitrogens is 3. The van der Waals surface area contributed by atoms with Crippen LogP contribution in [0.15, 0.2) is 121 Å². The van der Waals surface area contributed by atoms with Crippen LogP contribution in [0.25, 0.3) is 87.7 Å². The van der Waals surface area contributed by atoms with Crippen molar-refractivity contribution in [3.63, 3.8) is 0 Å². The third-order valence-corrected chi connectivity index (χ3v) is 8.27. The van der Waals surface area contributed by atoms with Crippen LogP contribution in [0.5, 0.6) is 0 Å². The Labute approximate surface area is 223 Å². The molecule has 3 aromatic heterocycles. The van der Waals surface area contributed by atoms with Crippen molar-refractivity contribution < 1.29 is 0 Å². The van der Waals surface area contributed by atoms with E-state index in [9.17, 15) is 0 Å². The first-order valence-electron chi connectivity index (χ1n) is 13.4. The Morgan fingerprint density at radius 3 is 1.41 bits per heavy atom. The molecule has 0 amide bonds. The highest BCUT2D eigenvalue weighted by Crippen LogP contribution is 2.40. The largest absolute Gasteiger partial charge is 0.355 e. The molecule has 0 unspecified atom stereocenters. The van der Waals surface area contributed by atoms with E-state index in [2.05, 4.69) is 136 Å². The van der Waals surface area contributed by atoms with E-state index in [0.717, 1.165) is 16.6 Å². The quantitative estimate of drug-likeness (QED) is 0.213. The van der Waals surface area contributed by atoms with Crippen LogP contribution in [-0.4, -0.2) is 15.0 Å². The minimum Gasteiger partial charge on any atom is -0.355 e. The lowest BCUT2D eigenvalue weighted by Crippen LogP contribution is -1.85. The highest BCUT2D eigenvalue weighted by atomic mass is 14.7. The lowest BCUT2D eigenvalue weighted by molar-refractivity contribution is 1.52. The molecule has 39 heavy (non-hydrogen) atoms.